The van der Waals surface area contributed by atoms with Gasteiger partial charge in [-0.05, 0) is 12.5 Å². The molecule has 0 atom stereocenters. The first-order chi connectivity index (χ1) is 9.70. The molecule has 2 rings (SSSR count). The van der Waals surface area contributed by atoms with Crippen LogP contribution < -0.4 is 10.7 Å². The van der Waals surface area contributed by atoms with Crippen LogP contribution in [0.2, 0.25) is 5.02 Å². The summed E-state index contributed by atoms with van der Waals surface area (Å²) in [6.45, 7) is 5.46. The van der Waals surface area contributed by atoms with Gasteiger partial charge in [-0.2, -0.15) is 0 Å². The number of ether oxygens (including phenoxy) is 1. The molecular weight excluding hydrogens is 280 g/mol. The molecule has 1 fully saturated rings. The van der Waals surface area contributed by atoms with Gasteiger partial charge in [0, 0.05) is 25.8 Å². The molecule has 1 amide bonds. The third kappa shape index (κ3) is 4.06. The number of aromatic nitrogens is 1. The maximum atomic E-state index is 12.2. The Morgan fingerprint density at radius 3 is 2.95 bits per heavy atom. The highest BCUT2D eigenvalue weighted by Gasteiger charge is 2.17. The topological polar surface area (TPSA) is 66.5 Å². The largest absolute Gasteiger partial charge is 0.379 e. The molecule has 1 aromatic rings. The molecule has 110 valence electrons. The molecule has 20 heavy (non-hydrogen) atoms. The lowest BCUT2D eigenvalue weighted by atomic mass is 10.2. The summed E-state index contributed by atoms with van der Waals surface area (Å²) < 4.78 is 5.24. The average Bonchev–Trinajstić information content (AvgIpc) is 2.47. The van der Waals surface area contributed by atoms with E-state index in [0.29, 0.717) is 42.7 Å². The number of anilines is 1. The number of carbonyl (C=O) groups excluding carboxylic acids is 1. The quantitative estimate of drug-likeness (QED) is 0.863. The average molecular weight is 299 g/mol. The molecular formula is C13H19ClN4O2. The molecule has 0 saturated carbocycles. The number of carbonyl (C=O) groups is 1. The summed E-state index contributed by atoms with van der Waals surface area (Å²) in [5.74, 6) is 0.433. The molecule has 1 aliphatic heterocycles. The number of nitrogens with zero attached hydrogens (tertiary/aromatic N) is 2. The van der Waals surface area contributed by atoms with Crippen LogP contribution in [-0.2, 0) is 4.74 Å². The number of nitrogens with one attached hydrogen (secondary N) is 2. The Balaban J connectivity index is 2.03. The van der Waals surface area contributed by atoms with Crippen molar-refractivity contribution in [3.8, 4) is 0 Å². The maximum Gasteiger partial charge on any atom is 0.267 e. The van der Waals surface area contributed by atoms with Crippen molar-refractivity contribution in [3.63, 3.8) is 0 Å². The lowest BCUT2D eigenvalue weighted by Gasteiger charge is -2.27. The van der Waals surface area contributed by atoms with Gasteiger partial charge in [-0.1, -0.05) is 18.5 Å². The van der Waals surface area contributed by atoms with Gasteiger partial charge in [-0.25, -0.2) is 9.99 Å². The Kier molecular flexibility index (Phi) is 5.58. The number of rotatable bonds is 5. The van der Waals surface area contributed by atoms with Gasteiger partial charge in [-0.3, -0.25) is 10.2 Å². The summed E-state index contributed by atoms with van der Waals surface area (Å²) in [4.78, 5) is 16.4. The summed E-state index contributed by atoms with van der Waals surface area (Å²) in [6.07, 6.45) is 2.48. The SMILES string of the molecule is CCCNc1cc(C(=O)NN2CCOCC2)c(Cl)cn1. The number of hydrogen-bond acceptors (Lipinski definition) is 5. The highest BCUT2D eigenvalue weighted by atomic mass is 35.5. The minimum atomic E-state index is -0.223. The van der Waals surface area contributed by atoms with E-state index in [-0.39, 0.29) is 5.91 Å². The van der Waals surface area contributed by atoms with Gasteiger partial charge in [0.05, 0.1) is 23.8 Å². The number of hydrogen-bond donors (Lipinski definition) is 2. The van der Waals surface area contributed by atoms with Gasteiger partial charge in [0.2, 0.25) is 0 Å². The van der Waals surface area contributed by atoms with Crippen LogP contribution in [0.4, 0.5) is 5.82 Å². The van der Waals surface area contributed by atoms with Crippen LogP contribution in [0, 0.1) is 0 Å². The fourth-order valence-electron chi connectivity index (χ4n) is 1.84. The van der Waals surface area contributed by atoms with E-state index in [1.165, 1.54) is 6.20 Å². The van der Waals surface area contributed by atoms with Crippen LogP contribution >= 0.6 is 11.6 Å². The molecule has 0 spiro atoms. The Hall–Kier alpha value is -1.37. The normalized spacial score (nSPS) is 15.9. The molecule has 7 heteroatoms. The van der Waals surface area contributed by atoms with Crippen LogP contribution in [0.15, 0.2) is 12.3 Å². The number of morpholine rings is 1. The molecule has 0 aliphatic carbocycles. The predicted molar refractivity (Wildman–Crippen MR) is 77.9 cm³/mol. The third-order valence-electron chi connectivity index (χ3n) is 2.93. The first-order valence-corrected chi connectivity index (χ1v) is 7.11. The van der Waals surface area contributed by atoms with Crippen LogP contribution in [0.25, 0.3) is 0 Å². The number of pyridine rings is 1. The summed E-state index contributed by atoms with van der Waals surface area (Å²) in [5.41, 5.74) is 3.26. The fraction of sp³-hybridized carbons (Fsp3) is 0.538. The second kappa shape index (κ2) is 7.42. The molecule has 0 bridgehead atoms. The van der Waals surface area contributed by atoms with Gasteiger partial charge >= 0.3 is 0 Å². The second-order valence-electron chi connectivity index (χ2n) is 4.52. The van der Waals surface area contributed by atoms with Gasteiger partial charge < -0.3 is 10.1 Å². The van der Waals surface area contributed by atoms with Crippen molar-refractivity contribution in [2.24, 2.45) is 0 Å². The zero-order chi connectivity index (χ0) is 14.4. The third-order valence-corrected chi connectivity index (χ3v) is 3.23. The van der Waals surface area contributed by atoms with Crippen molar-refractivity contribution in [2.75, 3.05) is 38.2 Å². The summed E-state index contributed by atoms with van der Waals surface area (Å²) in [6, 6.07) is 1.67. The van der Waals surface area contributed by atoms with E-state index < -0.39 is 0 Å². The Morgan fingerprint density at radius 2 is 2.25 bits per heavy atom. The van der Waals surface area contributed by atoms with Gasteiger partial charge in [0.25, 0.3) is 5.91 Å². The number of halogens is 1. The highest BCUT2D eigenvalue weighted by Crippen LogP contribution is 2.18. The van der Waals surface area contributed by atoms with E-state index in [1.54, 1.807) is 6.07 Å². The summed E-state index contributed by atoms with van der Waals surface area (Å²) in [7, 11) is 0. The summed E-state index contributed by atoms with van der Waals surface area (Å²) >= 11 is 6.05. The van der Waals surface area contributed by atoms with E-state index in [4.69, 9.17) is 16.3 Å². The zero-order valence-electron chi connectivity index (χ0n) is 11.5. The monoisotopic (exact) mass is 298 g/mol. The first-order valence-electron chi connectivity index (χ1n) is 6.74. The van der Waals surface area contributed by atoms with Crippen molar-refractivity contribution < 1.29 is 9.53 Å². The number of amides is 1. The minimum absolute atomic E-state index is 0.223. The molecule has 6 nitrogen and oxygen atoms in total. The highest BCUT2D eigenvalue weighted by molar-refractivity contribution is 6.33. The molecule has 0 radical (unpaired) electrons. The lowest BCUT2D eigenvalue weighted by molar-refractivity contribution is 0.0126. The Bertz CT molecular complexity index is 464. The van der Waals surface area contributed by atoms with Gasteiger partial charge in [0.1, 0.15) is 5.82 Å². The fourth-order valence-corrected chi connectivity index (χ4v) is 2.03. The van der Waals surface area contributed by atoms with E-state index in [2.05, 4.69) is 22.7 Å². The molecule has 1 aliphatic rings. The van der Waals surface area contributed by atoms with Crippen molar-refractivity contribution in [1.29, 1.82) is 0 Å². The maximum absolute atomic E-state index is 12.2. The van der Waals surface area contributed by atoms with Crippen molar-refractivity contribution in [3.05, 3.63) is 22.8 Å². The van der Waals surface area contributed by atoms with Crippen molar-refractivity contribution >= 4 is 23.3 Å². The van der Waals surface area contributed by atoms with Gasteiger partial charge in [-0.15, -0.1) is 0 Å². The molecule has 1 aromatic heterocycles. The van der Waals surface area contributed by atoms with Crippen LogP contribution in [-0.4, -0.2) is 48.7 Å². The molecule has 0 unspecified atom stereocenters. The van der Waals surface area contributed by atoms with Gasteiger partial charge in [0.15, 0.2) is 0 Å². The van der Waals surface area contributed by atoms with E-state index >= 15 is 0 Å². The number of hydrazine groups is 1. The lowest BCUT2D eigenvalue weighted by Crippen LogP contribution is -2.48. The standard InChI is InChI=1S/C13H19ClN4O2/c1-2-3-15-12-8-10(11(14)9-16-12)13(19)17-18-4-6-20-7-5-18/h8-9H,2-7H2,1H3,(H,15,16)(H,17,19). The van der Waals surface area contributed by atoms with Crippen LogP contribution in [0.3, 0.4) is 0 Å². The van der Waals surface area contributed by atoms with Crippen LogP contribution in [0.5, 0.6) is 0 Å². The Labute approximate surface area is 123 Å². The Morgan fingerprint density at radius 1 is 1.50 bits per heavy atom. The van der Waals surface area contributed by atoms with Crippen molar-refractivity contribution in [2.45, 2.75) is 13.3 Å². The summed E-state index contributed by atoms with van der Waals surface area (Å²) in [5, 5.41) is 5.32. The van der Waals surface area contributed by atoms with Crippen molar-refractivity contribution in [1.82, 2.24) is 15.4 Å². The molecule has 2 N–H and O–H groups in total. The minimum Gasteiger partial charge on any atom is -0.379 e. The smallest absolute Gasteiger partial charge is 0.267 e. The zero-order valence-corrected chi connectivity index (χ0v) is 12.2. The van der Waals surface area contributed by atoms with E-state index in [1.807, 2.05) is 5.01 Å². The molecule has 2 heterocycles. The first kappa shape index (κ1) is 15.0. The predicted octanol–water partition coefficient (Wildman–Crippen LogP) is 1.53. The van der Waals surface area contributed by atoms with E-state index in [0.717, 1.165) is 13.0 Å². The molecule has 0 aromatic carbocycles. The molecule has 1 saturated heterocycles. The second-order valence-corrected chi connectivity index (χ2v) is 4.92. The van der Waals surface area contributed by atoms with E-state index in [9.17, 15) is 4.79 Å². The van der Waals surface area contributed by atoms with Crippen LogP contribution in [0.1, 0.15) is 23.7 Å².